The third kappa shape index (κ3) is 2.04. The van der Waals surface area contributed by atoms with Crippen LogP contribution in [0.3, 0.4) is 0 Å². The van der Waals surface area contributed by atoms with Crippen LogP contribution in [0.15, 0.2) is 23.8 Å². The van der Waals surface area contributed by atoms with Gasteiger partial charge in [0.15, 0.2) is 0 Å². The minimum absolute atomic E-state index is 0.919. The maximum Gasteiger partial charge on any atom is -0.0174 e. The summed E-state index contributed by atoms with van der Waals surface area (Å²) in [6.45, 7) is 2.42. The molecule has 0 N–H and O–H groups in total. The van der Waals surface area contributed by atoms with Gasteiger partial charge < -0.3 is 0 Å². The Bertz CT molecular complexity index is 222. The fraction of sp³-hybridized carbons (Fsp3) is 0.692. The fourth-order valence-corrected chi connectivity index (χ4v) is 2.74. The molecule has 2 aliphatic carbocycles. The molecule has 0 radical (unpaired) electrons. The quantitative estimate of drug-likeness (QED) is 0.521. The van der Waals surface area contributed by atoms with E-state index in [9.17, 15) is 0 Å². The van der Waals surface area contributed by atoms with Gasteiger partial charge in [0.1, 0.15) is 0 Å². The third-order valence-electron chi connectivity index (χ3n) is 3.63. The predicted octanol–water partition coefficient (Wildman–Crippen LogP) is 4.09. The van der Waals surface area contributed by atoms with Gasteiger partial charge in [-0.2, -0.15) is 0 Å². The topological polar surface area (TPSA) is 0 Å². The van der Waals surface area contributed by atoms with Crippen molar-refractivity contribution in [3.8, 4) is 0 Å². The summed E-state index contributed by atoms with van der Waals surface area (Å²) in [4.78, 5) is 0. The second-order valence-corrected chi connectivity index (χ2v) is 4.58. The SMILES string of the molecule is CC1CCC2=CC=CCCCCC21. The van der Waals surface area contributed by atoms with Gasteiger partial charge in [0.2, 0.25) is 0 Å². The van der Waals surface area contributed by atoms with Crippen LogP contribution in [0.1, 0.15) is 45.4 Å². The molecule has 72 valence electrons. The van der Waals surface area contributed by atoms with Crippen LogP contribution < -0.4 is 0 Å². The van der Waals surface area contributed by atoms with E-state index in [0.29, 0.717) is 0 Å². The second-order valence-electron chi connectivity index (χ2n) is 4.58. The first-order chi connectivity index (χ1) is 6.38. The van der Waals surface area contributed by atoms with E-state index in [1.54, 1.807) is 5.57 Å². The average molecular weight is 176 g/mol. The lowest BCUT2D eigenvalue weighted by atomic mass is 9.89. The molecule has 2 atom stereocenters. The molecular formula is C13H20. The van der Waals surface area contributed by atoms with Crippen LogP contribution in [0.2, 0.25) is 0 Å². The maximum absolute atomic E-state index is 2.42. The lowest BCUT2D eigenvalue weighted by molar-refractivity contribution is 0.417. The van der Waals surface area contributed by atoms with E-state index < -0.39 is 0 Å². The van der Waals surface area contributed by atoms with E-state index in [4.69, 9.17) is 0 Å². The van der Waals surface area contributed by atoms with Crippen LogP contribution >= 0.6 is 0 Å². The first-order valence-corrected chi connectivity index (χ1v) is 5.73. The summed E-state index contributed by atoms with van der Waals surface area (Å²) < 4.78 is 0. The number of allylic oxidation sites excluding steroid dienone is 4. The van der Waals surface area contributed by atoms with Gasteiger partial charge in [-0.05, 0) is 43.9 Å². The molecule has 0 spiro atoms. The Labute approximate surface area is 81.7 Å². The van der Waals surface area contributed by atoms with Gasteiger partial charge in [-0.15, -0.1) is 0 Å². The molecule has 0 aromatic carbocycles. The smallest absolute Gasteiger partial charge is 0.0174 e. The highest BCUT2D eigenvalue weighted by Crippen LogP contribution is 2.39. The summed E-state index contributed by atoms with van der Waals surface area (Å²) in [6, 6.07) is 0. The summed E-state index contributed by atoms with van der Waals surface area (Å²) in [6.07, 6.45) is 15.3. The summed E-state index contributed by atoms with van der Waals surface area (Å²) in [5, 5.41) is 0. The first-order valence-electron chi connectivity index (χ1n) is 5.73. The monoisotopic (exact) mass is 176 g/mol. The molecule has 0 amide bonds. The maximum atomic E-state index is 2.42. The molecule has 0 heterocycles. The van der Waals surface area contributed by atoms with E-state index in [0.717, 1.165) is 11.8 Å². The Kier molecular flexibility index (Phi) is 2.87. The molecule has 0 nitrogen and oxygen atoms in total. The average Bonchev–Trinajstić information content (AvgIpc) is 2.51. The van der Waals surface area contributed by atoms with Crippen LogP contribution in [0, 0.1) is 11.8 Å². The molecule has 1 saturated carbocycles. The van der Waals surface area contributed by atoms with Gasteiger partial charge in [0.05, 0.1) is 0 Å². The Hall–Kier alpha value is -0.520. The lowest BCUT2D eigenvalue weighted by Gasteiger charge is -2.16. The van der Waals surface area contributed by atoms with Crippen molar-refractivity contribution in [2.45, 2.75) is 45.4 Å². The first kappa shape index (κ1) is 9.05. The minimum atomic E-state index is 0.919. The van der Waals surface area contributed by atoms with E-state index in [2.05, 4.69) is 25.2 Å². The van der Waals surface area contributed by atoms with Crippen molar-refractivity contribution in [1.82, 2.24) is 0 Å². The van der Waals surface area contributed by atoms with Crippen molar-refractivity contribution in [1.29, 1.82) is 0 Å². The number of hydrogen-bond donors (Lipinski definition) is 0. The molecule has 2 rings (SSSR count). The fourth-order valence-electron chi connectivity index (χ4n) is 2.74. The van der Waals surface area contributed by atoms with Crippen LogP contribution in [-0.4, -0.2) is 0 Å². The standard InChI is InChI=1S/C13H20/c1-11-9-10-12-7-5-3-2-4-6-8-13(11)12/h3,5,7,11,13H,2,4,6,8-10H2,1H3. The number of rotatable bonds is 0. The second kappa shape index (κ2) is 4.13. The van der Waals surface area contributed by atoms with Gasteiger partial charge in [-0.3, -0.25) is 0 Å². The normalized spacial score (nSPS) is 34.4. The summed E-state index contributed by atoms with van der Waals surface area (Å²) >= 11 is 0. The Morgan fingerprint density at radius 1 is 1.23 bits per heavy atom. The Balaban J connectivity index is 2.12. The largest absolute Gasteiger partial charge is 0.0845 e. The highest BCUT2D eigenvalue weighted by Gasteiger charge is 2.27. The molecule has 0 saturated heterocycles. The van der Waals surface area contributed by atoms with Crippen molar-refractivity contribution >= 4 is 0 Å². The van der Waals surface area contributed by atoms with Crippen LogP contribution in [0.5, 0.6) is 0 Å². The zero-order valence-electron chi connectivity index (χ0n) is 8.63. The lowest BCUT2D eigenvalue weighted by Crippen LogP contribution is -2.05. The highest BCUT2D eigenvalue weighted by atomic mass is 14.3. The Morgan fingerprint density at radius 2 is 2.15 bits per heavy atom. The molecule has 1 fully saturated rings. The minimum Gasteiger partial charge on any atom is -0.0845 e. The number of hydrogen-bond acceptors (Lipinski definition) is 0. The molecule has 0 aromatic rings. The summed E-state index contributed by atoms with van der Waals surface area (Å²) in [7, 11) is 0. The van der Waals surface area contributed by atoms with Crippen molar-refractivity contribution in [2.75, 3.05) is 0 Å². The van der Waals surface area contributed by atoms with E-state index >= 15 is 0 Å². The molecule has 0 bridgehead atoms. The van der Waals surface area contributed by atoms with Crippen molar-refractivity contribution in [3.05, 3.63) is 23.8 Å². The van der Waals surface area contributed by atoms with Gasteiger partial charge >= 0.3 is 0 Å². The zero-order chi connectivity index (χ0) is 9.10. The van der Waals surface area contributed by atoms with Crippen molar-refractivity contribution < 1.29 is 0 Å². The van der Waals surface area contributed by atoms with Gasteiger partial charge in [-0.25, -0.2) is 0 Å². The highest BCUT2D eigenvalue weighted by molar-refractivity contribution is 5.19. The van der Waals surface area contributed by atoms with Crippen molar-refractivity contribution in [2.24, 2.45) is 11.8 Å². The van der Waals surface area contributed by atoms with E-state index in [1.807, 2.05) is 0 Å². The van der Waals surface area contributed by atoms with Crippen LogP contribution in [0.4, 0.5) is 0 Å². The molecule has 0 aliphatic heterocycles. The van der Waals surface area contributed by atoms with Crippen LogP contribution in [0.25, 0.3) is 0 Å². The van der Waals surface area contributed by atoms with Gasteiger partial charge in [0, 0.05) is 0 Å². The van der Waals surface area contributed by atoms with E-state index in [1.165, 1.54) is 38.5 Å². The molecule has 2 unspecified atom stereocenters. The zero-order valence-corrected chi connectivity index (χ0v) is 8.63. The van der Waals surface area contributed by atoms with E-state index in [-0.39, 0.29) is 0 Å². The molecular weight excluding hydrogens is 156 g/mol. The van der Waals surface area contributed by atoms with Gasteiger partial charge in [0.25, 0.3) is 0 Å². The Morgan fingerprint density at radius 3 is 3.08 bits per heavy atom. The molecule has 13 heavy (non-hydrogen) atoms. The molecule has 0 heteroatoms. The van der Waals surface area contributed by atoms with Crippen LogP contribution in [-0.2, 0) is 0 Å². The van der Waals surface area contributed by atoms with Crippen molar-refractivity contribution in [3.63, 3.8) is 0 Å². The molecule has 2 aliphatic rings. The number of fused-ring (bicyclic) bond motifs is 1. The third-order valence-corrected chi connectivity index (χ3v) is 3.63. The predicted molar refractivity (Wildman–Crippen MR) is 57.6 cm³/mol. The summed E-state index contributed by atoms with van der Waals surface area (Å²) in [5.74, 6) is 1.86. The summed E-state index contributed by atoms with van der Waals surface area (Å²) in [5.41, 5.74) is 1.73. The molecule has 0 aromatic heterocycles. The van der Waals surface area contributed by atoms with Gasteiger partial charge in [-0.1, -0.05) is 37.1 Å².